The maximum atomic E-state index is 13.8. The summed E-state index contributed by atoms with van der Waals surface area (Å²) < 4.78 is 12.6. The van der Waals surface area contributed by atoms with E-state index < -0.39 is 0 Å². The molecule has 0 aromatic carbocycles. The van der Waals surface area contributed by atoms with E-state index in [-0.39, 0.29) is 29.7 Å². The van der Waals surface area contributed by atoms with Crippen LogP contribution in [0.5, 0.6) is 0 Å². The van der Waals surface area contributed by atoms with Gasteiger partial charge in [0.1, 0.15) is 0 Å². The average Bonchev–Trinajstić information content (AvgIpc) is 3.20. The van der Waals surface area contributed by atoms with Crippen molar-refractivity contribution in [2.24, 2.45) is 29.1 Å². The van der Waals surface area contributed by atoms with E-state index in [0.717, 1.165) is 83.6 Å². The molecule has 324 valence electrons. The quantitative estimate of drug-likeness (QED) is 0.0510. The van der Waals surface area contributed by atoms with Crippen LogP contribution in [-0.4, -0.2) is 61.4 Å². The van der Waals surface area contributed by atoms with Crippen LogP contribution >= 0.6 is 0 Å². The Balaban J connectivity index is 2.08. The first-order chi connectivity index (χ1) is 26.9. The fourth-order valence-corrected chi connectivity index (χ4v) is 9.59. The molecule has 2 fully saturated rings. The van der Waals surface area contributed by atoms with Gasteiger partial charge in [0.2, 0.25) is 0 Å². The molecule has 1 aliphatic heterocycles. The Labute approximate surface area is 341 Å². The second-order valence-corrected chi connectivity index (χ2v) is 18.3. The van der Waals surface area contributed by atoms with Crippen LogP contribution in [0.25, 0.3) is 0 Å². The van der Waals surface area contributed by atoms with Gasteiger partial charge in [0.05, 0.1) is 25.0 Å². The molecule has 1 N–H and O–H groups in total. The van der Waals surface area contributed by atoms with Crippen LogP contribution in [0, 0.1) is 29.1 Å². The highest BCUT2D eigenvalue weighted by atomic mass is 16.5. The maximum absolute atomic E-state index is 13.8. The van der Waals surface area contributed by atoms with Gasteiger partial charge in [-0.05, 0) is 108 Å². The first-order valence-corrected chi connectivity index (χ1v) is 24.6. The third-order valence-corrected chi connectivity index (χ3v) is 13.7. The Morgan fingerprint density at radius 2 is 0.927 bits per heavy atom. The molecule has 6 nitrogen and oxygen atoms in total. The Hall–Kier alpha value is -1.14. The number of hydrogen-bond acceptors (Lipinski definition) is 6. The molecule has 0 aromatic rings. The van der Waals surface area contributed by atoms with Crippen molar-refractivity contribution in [1.29, 1.82) is 0 Å². The van der Waals surface area contributed by atoms with Gasteiger partial charge < -0.3 is 19.5 Å². The summed E-state index contributed by atoms with van der Waals surface area (Å²) in [5, 5.41) is 9.22. The minimum Gasteiger partial charge on any atom is -0.465 e. The number of carbonyl (C=O) groups is 2. The van der Waals surface area contributed by atoms with Gasteiger partial charge >= 0.3 is 11.9 Å². The highest BCUT2D eigenvalue weighted by Crippen LogP contribution is 2.48. The number of hydrogen-bond donors (Lipinski definition) is 1. The molecule has 0 amide bonds. The predicted molar refractivity (Wildman–Crippen MR) is 232 cm³/mol. The summed E-state index contributed by atoms with van der Waals surface area (Å²) in [5.41, 5.74) is 0.434. The van der Waals surface area contributed by atoms with E-state index in [1.165, 1.54) is 142 Å². The average molecular weight is 776 g/mol. The van der Waals surface area contributed by atoms with Crippen molar-refractivity contribution in [3.63, 3.8) is 0 Å². The SMILES string of the molecule is CCCCCCCC(CCCCCCC)C(=O)OCC(COC(=O)C(CCCCCCC)CCCCCCC)C1CCC2(CC1)CCN(CCCCO)CC2. The molecule has 6 heteroatoms. The van der Waals surface area contributed by atoms with Crippen LogP contribution < -0.4 is 0 Å². The van der Waals surface area contributed by atoms with Crippen LogP contribution in [0.2, 0.25) is 0 Å². The number of esters is 2. The van der Waals surface area contributed by atoms with Crippen molar-refractivity contribution in [3.8, 4) is 0 Å². The number of ether oxygens (including phenoxy) is 2. The Morgan fingerprint density at radius 3 is 1.29 bits per heavy atom. The van der Waals surface area contributed by atoms with Gasteiger partial charge in [0.25, 0.3) is 0 Å². The summed E-state index contributed by atoms with van der Waals surface area (Å²) >= 11 is 0. The van der Waals surface area contributed by atoms with E-state index in [4.69, 9.17) is 9.47 Å². The predicted octanol–water partition coefficient (Wildman–Crippen LogP) is 13.4. The highest BCUT2D eigenvalue weighted by molar-refractivity contribution is 5.73. The molecule has 2 aliphatic rings. The Morgan fingerprint density at radius 1 is 0.545 bits per heavy atom. The van der Waals surface area contributed by atoms with E-state index >= 15 is 0 Å². The smallest absolute Gasteiger partial charge is 0.308 e. The Kier molecular flexibility index (Phi) is 29.8. The van der Waals surface area contributed by atoms with Gasteiger partial charge in [-0.2, -0.15) is 0 Å². The van der Waals surface area contributed by atoms with Crippen LogP contribution in [0.3, 0.4) is 0 Å². The number of carbonyl (C=O) groups excluding carboxylic acids is 2. The van der Waals surface area contributed by atoms with Gasteiger partial charge in [-0.3, -0.25) is 9.59 Å². The molecular formula is C49H93NO5. The number of likely N-dealkylation sites (tertiary alicyclic amines) is 1. The van der Waals surface area contributed by atoms with E-state index in [2.05, 4.69) is 32.6 Å². The molecule has 1 saturated carbocycles. The fraction of sp³-hybridized carbons (Fsp3) is 0.959. The van der Waals surface area contributed by atoms with Gasteiger partial charge in [-0.25, -0.2) is 0 Å². The summed E-state index contributed by atoms with van der Waals surface area (Å²) in [6.45, 7) is 13.5. The van der Waals surface area contributed by atoms with E-state index in [0.29, 0.717) is 31.2 Å². The normalized spacial score (nSPS) is 16.5. The summed E-state index contributed by atoms with van der Waals surface area (Å²) in [5.74, 6) is 0.493. The third-order valence-electron chi connectivity index (χ3n) is 13.7. The largest absolute Gasteiger partial charge is 0.465 e. The molecule has 55 heavy (non-hydrogen) atoms. The zero-order valence-corrected chi connectivity index (χ0v) is 37.2. The number of unbranched alkanes of at least 4 members (excludes halogenated alkanes) is 17. The monoisotopic (exact) mass is 776 g/mol. The zero-order valence-electron chi connectivity index (χ0n) is 37.2. The van der Waals surface area contributed by atoms with E-state index in [9.17, 15) is 14.7 Å². The number of rotatable bonds is 35. The standard InChI is InChI=1S/C49H93NO5/c1-5-9-13-17-21-27-44(28-22-18-14-10-6-2)47(52)54-41-46(43-31-33-49(34-32-43)35-38-50(39-36-49)37-25-26-40-51)42-55-48(53)45(29-23-19-15-11-7-3)30-24-20-16-12-8-4/h43-46,51H,5-42H2,1-4H3. The molecule has 0 aromatic heterocycles. The molecule has 0 radical (unpaired) electrons. The lowest BCUT2D eigenvalue weighted by Crippen LogP contribution is -2.43. The second kappa shape index (κ2) is 32.8. The number of aliphatic hydroxyl groups excluding tert-OH is 1. The topological polar surface area (TPSA) is 76.1 Å². The summed E-state index contributed by atoms with van der Waals surface area (Å²) in [6.07, 6.45) is 37.3. The highest BCUT2D eigenvalue weighted by Gasteiger charge is 2.40. The lowest BCUT2D eigenvalue weighted by atomic mass is 9.63. The van der Waals surface area contributed by atoms with Crippen LogP contribution in [0.4, 0.5) is 0 Å². The molecule has 0 bridgehead atoms. The fourth-order valence-electron chi connectivity index (χ4n) is 9.59. The van der Waals surface area contributed by atoms with Gasteiger partial charge in [-0.1, -0.05) is 156 Å². The molecule has 1 heterocycles. The lowest BCUT2D eigenvalue weighted by Gasteiger charge is -2.47. The molecule has 1 aliphatic carbocycles. The molecule has 0 atom stereocenters. The molecular weight excluding hydrogens is 683 g/mol. The van der Waals surface area contributed by atoms with Crippen molar-refractivity contribution in [2.45, 2.75) is 233 Å². The number of aliphatic hydroxyl groups is 1. The van der Waals surface area contributed by atoms with Crippen LogP contribution in [0.1, 0.15) is 233 Å². The maximum Gasteiger partial charge on any atom is 0.308 e. The Bertz CT molecular complexity index is 831. The van der Waals surface area contributed by atoms with Gasteiger partial charge in [0, 0.05) is 12.5 Å². The van der Waals surface area contributed by atoms with Crippen molar-refractivity contribution in [2.75, 3.05) is 39.5 Å². The lowest BCUT2D eigenvalue weighted by molar-refractivity contribution is -0.156. The van der Waals surface area contributed by atoms with Gasteiger partial charge in [-0.15, -0.1) is 0 Å². The second-order valence-electron chi connectivity index (χ2n) is 18.3. The number of piperidine rings is 1. The summed E-state index contributed by atoms with van der Waals surface area (Å²) in [6, 6.07) is 0. The van der Waals surface area contributed by atoms with Gasteiger partial charge in [0.15, 0.2) is 0 Å². The number of nitrogens with zero attached hydrogens (tertiary/aromatic N) is 1. The first-order valence-electron chi connectivity index (χ1n) is 24.6. The van der Waals surface area contributed by atoms with Crippen LogP contribution in [0.15, 0.2) is 0 Å². The van der Waals surface area contributed by atoms with Crippen LogP contribution in [-0.2, 0) is 19.1 Å². The van der Waals surface area contributed by atoms with E-state index in [1.807, 2.05) is 0 Å². The summed E-state index contributed by atoms with van der Waals surface area (Å²) in [7, 11) is 0. The minimum atomic E-state index is -0.00608. The molecule has 0 unspecified atom stereocenters. The van der Waals surface area contributed by atoms with Crippen molar-refractivity contribution in [3.05, 3.63) is 0 Å². The molecule has 1 spiro atoms. The minimum absolute atomic E-state index is 0.000180. The molecule has 2 rings (SSSR count). The first kappa shape index (κ1) is 50.0. The van der Waals surface area contributed by atoms with Crippen molar-refractivity contribution < 1.29 is 24.2 Å². The van der Waals surface area contributed by atoms with E-state index in [1.54, 1.807) is 0 Å². The molecule has 1 saturated heterocycles. The van der Waals surface area contributed by atoms with Crippen molar-refractivity contribution in [1.82, 2.24) is 4.90 Å². The summed E-state index contributed by atoms with van der Waals surface area (Å²) in [4.78, 5) is 30.2. The van der Waals surface area contributed by atoms with Crippen molar-refractivity contribution >= 4 is 11.9 Å². The third kappa shape index (κ3) is 22.6. The zero-order chi connectivity index (χ0) is 39.8.